The summed E-state index contributed by atoms with van der Waals surface area (Å²) in [5.74, 6) is -0.557. The van der Waals surface area contributed by atoms with E-state index < -0.39 is 5.92 Å². The second-order valence-electron chi connectivity index (χ2n) is 9.43. The van der Waals surface area contributed by atoms with E-state index in [-0.39, 0.29) is 36.5 Å². The minimum absolute atomic E-state index is 0.110. The average Bonchev–Trinajstić information content (AvgIpc) is 3.35. The van der Waals surface area contributed by atoms with Crippen molar-refractivity contribution >= 4 is 34.8 Å². The topological polar surface area (TPSA) is 82.2 Å². The number of halogens is 1. The van der Waals surface area contributed by atoms with Gasteiger partial charge in [0, 0.05) is 61.8 Å². The molecule has 0 aliphatic carbocycles. The van der Waals surface area contributed by atoms with Crippen molar-refractivity contribution in [1.29, 1.82) is 0 Å². The summed E-state index contributed by atoms with van der Waals surface area (Å²) < 4.78 is 18.4. The summed E-state index contributed by atoms with van der Waals surface area (Å²) in [6.07, 6.45) is 0.120. The Balaban J connectivity index is 1.18. The lowest BCUT2D eigenvalue weighted by molar-refractivity contribution is -0.122. The van der Waals surface area contributed by atoms with E-state index in [0.29, 0.717) is 43.2 Å². The molecule has 3 aromatic rings. The SMILES string of the molecule is COc1ccc(N2CC(C(=O)Nc3cccc(C(=O)N4CCN(c5ccc(F)cc5)CC4)c3)CC2=O)cc1. The molecule has 3 amide bonds. The Kier molecular flexibility index (Phi) is 7.26. The highest BCUT2D eigenvalue weighted by Crippen LogP contribution is 2.28. The third-order valence-corrected chi connectivity index (χ3v) is 7.02. The van der Waals surface area contributed by atoms with Gasteiger partial charge in [0.1, 0.15) is 11.6 Å². The summed E-state index contributed by atoms with van der Waals surface area (Å²) >= 11 is 0. The Bertz CT molecular complexity index is 1320. The Morgan fingerprint density at radius 1 is 0.921 bits per heavy atom. The molecule has 2 fully saturated rings. The first-order chi connectivity index (χ1) is 18.4. The van der Waals surface area contributed by atoms with Crippen LogP contribution in [-0.4, -0.2) is 62.5 Å². The zero-order chi connectivity index (χ0) is 26.6. The van der Waals surface area contributed by atoms with Gasteiger partial charge in [0.2, 0.25) is 11.8 Å². The second-order valence-corrected chi connectivity index (χ2v) is 9.43. The number of nitrogens with one attached hydrogen (secondary N) is 1. The fraction of sp³-hybridized carbons (Fsp3) is 0.276. The molecule has 38 heavy (non-hydrogen) atoms. The molecule has 8 nitrogen and oxygen atoms in total. The lowest BCUT2D eigenvalue weighted by atomic mass is 10.1. The largest absolute Gasteiger partial charge is 0.497 e. The normalized spacial score (nSPS) is 17.5. The number of piperazine rings is 1. The molecule has 1 unspecified atom stereocenters. The van der Waals surface area contributed by atoms with Crippen LogP contribution in [0.4, 0.5) is 21.5 Å². The van der Waals surface area contributed by atoms with E-state index >= 15 is 0 Å². The van der Waals surface area contributed by atoms with Crippen LogP contribution in [0.2, 0.25) is 0 Å². The number of hydrogen-bond acceptors (Lipinski definition) is 5. The molecule has 0 spiro atoms. The van der Waals surface area contributed by atoms with E-state index in [0.717, 1.165) is 11.4 Å². The fourth-order valence-corrected chi connectivity index (χ4v) is 4.87. The second kappa shape index (κ2) is 10.9. The third kappa shape index (κ3) is 5.46. The van der Waals surface area contributed by atoms with Gasteiger partial charge in [-0.1, -0.05) is 6.07 Å². The number of carbonyl (C=O) groups is 3. The van der Waals surface area contributed by atoms with Crippen LogP contribution in [0.3, 0.4) is 0 Å². The van der Waals surface area contributed by atoms with Crippen molar-refractivity contribution < 1.29 is 23.5 Å². The van der Waals surface area contributed by atoms with E-state index in [1.54, 1.807) is 77.6 Å². The molecular formula is C29H29FN4O4. The first-order valence-corrected chi connectivity index (χ1v) is 12.6. The van der Waals surface area contributed by atoms with E-state index in [2.05, 4.69) is 10.2 Å². The molecule has 0 saturated carbocycles. The summed E-state index contributed by atoms with van der Waals surface area (Å²) in [7, 11) is 1.58. The molecule has 3 aromatic carbocycles. The molecule has 1 atom stereocenters. The average molecular weight is 517 g/mol. The molecule has 2 aliphatic rings. The summed E-state index contributed by atoms with van der Waals surface area (Å²) in [6.45, 7) is 2.66. The van der Waals surface area contributed by atoms with Gasteiger partial charge in [0.25, 0.3) is 5.91 Å². The van der Waals surface area contributed by atoms with Crippen LogP contribution in [0, 0.1) is 11.7 Å². The van der Waals surface area contributed by atoms with Gasteiger partial charge in [-0.25, -0.2) is 4.39 Å². The molecule has 2 aliphatic heterocycles. The minimum atomic E-state index is -0.497. The third-order valence-electron chi connectivity index (χ3n) is 7.02. The van der Waals surface area contributed by atoms with E-state index in [1.807, 2.05) is 0 Å². The van der Waals surface area contributed by atoms with Crippen LogP contribution in [0.1, 0.15) is 16.8 Å². The van der Waals surface area contributed by atoms with Crippen molar-refractivity contribution in [2.75, 3.05) is 55.0 Å². The number of rotatable bonds is 6. The number of nitrogens with zero attached hydrogens (tertiary/aromatic N) is 3. The first-order valence-electron chi connectivity index (χ1n) is 12.6. The van der Waals surface area contributed by atoms with E-state index in [9.17, 15) is 18.8 Å². The Morgan fingerprint density at radius 3 is 2.29 bits per heavy atom. The number of anilines is 3. The van der Waals surface area contributed by atoms with Gasteiger partial charge in [-0.15, -0.1) is 0 Å². The zero-order valence-electron chi connectivity index (χ0n) is 21.1. The van der Waals surface area contributed by atoms with Crippen molar-refractivity contribution in [1.82, 2.24) is 4.90 Å². The lowest BCUT2D eigenvalue weighted by Crippen LogP contribution is -2.48. The van der Waals surface area contributed by atoms with Gasteiger partial charge in [-0.3, -0.25) is 14.4 Å². The Hall–Kier alpha value is -4.40. The zero-order valence-corrected chi connectivity index (χ0v) is 21.1. The summed E-state index contributed by atoms with van der Waals surface area (Å²) in [6, 6.07) is 20.4. The lowest BCUT2D eigenvalue weighted by Gasteiger charge is -2.36. The van der Waals surface area contributed by atoms with Gasteiger partial charge in [-0.2, -0.15) is 0 Å². The molecule has 2 saturated heterocycles. The van der Waals surface area contributed by atoms with Crippen molar-refractivity contribution in [2.45, 2.75) is 6.42 Å². The van der Waals surface area contributed by atoms with Crippen LogP contribution in [0.5, 0.6) is 5.75 Å². The minimum Gasteiger partial charge on any atom is -0.497 e. The van der Waals surface area contributed by atoms with Crippen LogP contribution in [-0.2, 0) is 9.59 Å². The molecule has 9 heteroatoms. The van der Waals surface area contributed by atoms with Gasteiger partial charge >= 0.3 is 0 Å². The number of ether oxygens (including phenoxy) is 1. The molecule has 0 bridgehead atoms. The number of amides is 3. The smallest absolute Gasteiger partial charge is 0.254 e. The van der Waals surface area contributed by atoms with E-state index in [4.69, 9.17) is 4.74 Å². The molecule has 5 rings (SSSR count). The molecular weight excluding hydrogens is 487 g/mol. The first kappa shape index (κ1) is 25.3. The summed E-state index contributed by atoms with van der Waals surface area (Å²) in [5, 5.41) is 2.88. The van der Waals surface area contributed by atoms with Gasteiger partial charge in [0.05, 0.1) is 13.0 Å². The summed E-state index contributed by atoms with van der Waals surface area (Å²) in [4.78, 5) is 44.2. The number of carbonyl (C=O) groups excluding carboxylic acids is 3. The van der Waals surface area contributed by atoms with Crippen LogP contribution < -0.4 is 19.9 Å². The van der Waals surface area contributed by atoms with Gasteiger partial charge in [-0.05, 0) is 66.7 Å². The Labute approximate surface area is 220 Å². The predicted molar refractivity (Wildman–Crippen MR) is 143 cm³/mol. The van der Waals surface area contributed by atoms with Gasteiger partial charge < -0.3 is 24.8 Å². The quantitative estimate of drug-likeness (QED) is 0.539. The molecule has 2 heterocycles. The maximum absolute atomic E-state index is 13.2. The monoisotopic (exact) mass is 516 g/mol. The molecule has 1 N–H and O–H groups in total. The maximum atomic E-state index is 13.2. The number of benzene rings is 3. The Morgan fingerprint density at radius 2 is 1.61 bits per heavy atom. The fourth-order valence-electron chi connectivity index (χ4n) is 4.87. The molecule has 0 radical (unpaired) electrons. The van der Waals surface area contributed by atoms with Crippen molar-refractivity contribution in [3.05, 3.63) is 84.2 Å². The molecule has 196 valence electrons. The van der Waals surface area contributed by atoms with Crippen molar-refractivity contribution in [3.8, 4) is 5.75 Å². The van der Waals surface area contributed by atoms with Crippen LogP contribution in [0.15, 0.2) is 72.8 Å². The standard InChI is InChI=1S/C29H29FN4O4/c1-38-26-11-9-25(10-12-26)34-19-21(18-27(34)35)28(36)31-23-4-2-3-20(17-23)29(37)33-15-13-32(14-16-33)24-7-5-22(30)6-8-24/h2-12,17,21H,13-16,18-19H2,1H3,(H,31,36). The summed E-state index contributed by atoms with van der Waals surface area (Å²) in [5.41, 5.74) is 2.65. The number of methoxy groups -OCH3 is 1. The predicted octanol–water partition coefficient (Wildman–Crippen LogP) is 3.79. The van der Waals surface area contributed by atoms with Crippen LogP contribution in [0.25, 0.3) is 0 Å². The van der Waals surface area contributed by atoms with Crippen molar-refractivity contribution in [3.63, 3.8) is 0 Å². The molecule has 0 aromatic heterocycles. The number of hydrogen-bond donors (Lipinski definition) is 1. The highest BCUT2D eigenvalue weighted by atomic mass is 19.1. The highest BCUT2D eigenvalue weighted by Gasteiger charge is 2.35. The maximum Gasteiger partial charge on any atom is 0.254 e. The van der Waals surface area contributed by atoms with Crippen molar-refractivity contribution in [2.24, 2.45) is 5.92 Å². The highest BCUT2D eigenvalue weighted by molar-refractivity contribution is 6.04. The van der Waals surface area contributed by atoms with Crippen LogP contribution >= 0.6 is 0 Å². The van der Waals surface area contributed by atoms with Gasteiger partial charge in [0.15, 0.2) is 0 Å². The van der Waals surface area contributed by atoms with E-state index in [1.165, 1.54) is 12.1 Å².